The summed E-state index contributed by atoms with van der Waals surface area (Å²) in [6.07, 6.45) is 46.4. The van der Waals surface area contributed by atoms with Gasteiger partial charge in [-0.3, -0.25) is 18.6 Å². The Hall–Kier alpha value is -2.04. The quantitative estimate of drug-likeness (QED) is 0.0200. The van der Waals surface area contributed by atoms with E-state index in [4.69, 9.17) is 13.8 Å². The predicted molar refractivity (Wildman–Crippen MR) is 245 cm³/mol. The van der Waals surface area contributed by atoms with Gasteiger partial charge < -0.3 is 25.2 Å². The van der Waals surface area contributed by atoms with E-state index in [2.05, 4.69) is 43.5 Å². The molecule has 1 amide bonds. The highest BCUT2D eigenvalue weighted by Crippen LogP contribution is 2.43. The van der Waals surface area contributed by atoms with Crippen LogP contribution in [0.25, 0.3) is 0 Å². The fourth-order valence-corrected chi connectivity index (χ4v) is 7.69. The lowest BCUT2D eigenvalue weighted by Gasteiger charge is -2.18. The number of aliphatic hydroxyl groups excluding tert-OH is 1. The number of unbranched alkanes of at least 4 members (excludes halogenated alkanes) is 28. The first-order chi connectivity index (χ1) is 29.1. The molecule has 12 heteroatoms. The summed E-state index contributed by atoms with van der Waals surface area (Å²) < 4.78 is 26.9. The first-order valence-corrected chi connectivity index (χ1v) is 25.9. The van der Waals surface area contributed by atoms with Crippen molar-refractivity contribution in [3.05, 3.63) is 24.3 Å². The van der Waals surface area contributed by atoms with Gasteiger partial charge >= 0.3 is 19.8 Å². The fraction of sp³-hybridized carbons (Fsp3) is 0.854. The van der Waals surface area contributed by atoms with Crippen LogP contribution in [-0.2, 0) is 32.7 Å². The van der Waals surface area contributed by atoms with E-state index in [1.165, 1.54) is 128 Å². The topological polar surface area (TPSA) is 169 Å². The number of carbonyl (C=O) groups excluding carboxylic acids is 2. The molecule has 0 aromatic carbocycles. The smallest absolute Gasteiger partial charge is 0.472 e. The summed E-state index contributed by atoms with van der Waals surface area (Å²) in [5.74, 6) is -2.38. The molecular formula is C48H90NO10P. The van der Waals surface area contributed by atoms with Gasteiger partial charge in [0.05, 0.1) is 13.2 Å². The van der Waals surface area contributed by atoms with Gasteiger partial charge in [0, 0.05) is 12.8 Å². The number of rotatable bonds is 46. The zero-order chi connectivity index (χ0) is 44.2. The van der Waals surface area contributed by atoms with E-state index in [0.717, 1.165) is 64.2 Å². The normalized spacial score (nSPS) is 13.8. The largest absolute Gasteiger partial charge is 0.480 e. The number of carbonyl (C=O) groups is 3. The zero-order valence-corrected chi connectivity index (χ0v) is 39.2. The number of esters is 1. The van der Waals surface area contributed by atoms with Crippen LogP contribution in [0.3, 0.4) is 0 Å². The van der Waals surface area contributed by atoms with E-state index in [1.54, 1.807) is 0 Å². The summed E-state index contributed by atoms with van der Waals surface area (Å²) in [6.45, 7) is 2.57. The third-order valence-corrected chi connectivity index (χ3v) is 11.7. The van der Waals surface area contributed by atoms with E-state index in [-0.39, 0.29) is 12.8 Å². The van der Waals surface area contributed by atoms with Crippen LogP contribution in [0.2, 0.25) is 0 Å². The van der Waals surface area contributed by atoms with E-state index in [9.17, 15) is 34.1 Å². The maximum Gasteiger partial charge on any atom is 0.472 e. The minimum Gasteiger partial charge on any atom is -0.480 e. The zero-order valence-electron chi connectivity index (χ0n) is 38.3. The number of hydrogen-bond acceptors (Lipinski definition) is 8. The van der Waals surface area contributed by atoms with Crippen LogP contribution >= 0.6 is 7.82 Å². The number of carboxylic acids is 1. The van der Waals surface area contributed by atoms with Crippen molar-refractivity contribution in [2.75, 3.05) is 19.8 Å². The van der Waals surface area contributed by atoms with Crippen LogP contribution in [0.15, 0.2) is 24.3 Å². The maximum absolute atomic E-state index is 12.3. The lowest BCUT2D eigenvalue weighted by atomic mass is 10.0. The average Bonchev–Trinajstić information content (AvgIpc) is 3.22. The highest BCUT2D eigenvalue weighted by atomic mass is 31.2. The average molecular weight is 872 g/mol. The Bertz CT molecular complexity index is 1120. The number of phosphoric ester groups is 1. The van der Waals surface area contributed by atoms with Crippen molar-refractivity contribution in [3.63, 3.8) is 0 Å². The van der Waals surface area contributed by atoms with Gasteiger partial charge in [-0.15, -0.1) is 0 Å². The van der Waals surface area contributed by atoms with E-state index in [0.29, 0.717) is 12.8 Å². The van der Waals surface area contributed by atoms with Crippen molar-refractivity contribution in [1.82, 2.24) is 5.32 Å². The summed E-state index contributed by atoms with van der Waals surface area (Å²) in [7, 11) is -4.76. The molecule has 0 radical (unpaired) electrons. The second kappa shape index (κ2) is 43.6. The molecule has 0 aromatic heterocycles. The molecule has 0 rings (SSSR count). The number of aliphatic hydroxyl groups is 1. The minimum absolute atomic E-state index is 0.131. The number of aliphatic carboxylic acids is 1. The molecule has 60 heavy (non-hydrogen) atoms. The van der Waals surface area contributed by atoms with Crippen molar-refractivity contribution in [2.24, 2.45) is 0 Å². The molecule has 0 fully saturated rings. The van der Waals surface area contributed by atoms with Crippen LogP contribution in [0.4, 0.5) is 0 Å². The molecule has 0 aliphatic heterocycles. The summed E-state index contributed by atoms with van der Waals surface area (Å²) >= 11 is 0. The fourth-order valence-electron chi connectivity index (χ4n) is 6.92. The second-order valence-electron chi connectivity index (χ2n) is 16.7. The Labute approximate surface area is 366 Å². The maximum atomic E-state index is 12.3. The number of phosphoric acid groups is 1. The molecule has 0 aliphatic rings. The molecule has 0 bridgehead atoms. The highest BCUT2D eigenvalue weighted by Gasteiger charge is 2.28. The minimum atomic E-state index is -4.76. The third kappa shape index (κ3) is 42.6. The lowest BCUT2D eigenvalue weighted by Crippen LogP contribution is -2.43. The summed E-state index contributed by atoms with van der Waals surface area (Å²) in [6, 6.07) is -1.55. The van der Waals surface area contributed by atoms with E-state index in [1.807, 2.05) is 0 Å². The first kappa shape index (κ1) is 58.0. The van der Waals surface area contributed by atoms with Crippen LogP contribution in [0.5, 0.6) is 0 Å². The standard InChI is InChI=1S/C48H90NO10P/c1-3-5-7-9-11-13-15-17-19-20-21-22-23-24-25-26-28-30-32-34-36-38-40-47(52)57-41-44(50)42-58-60(55,56)59-43-45(48(53)54)49-46(51)39-37-35-33-31-29-27-18-16-14-12-10-8-6-4-2/h10,12,16,18,44-45,50H,3-9,11,13-15,17,19-43H2,1-2H3,(H,49,51)(H,53,54)(H,55,56)/b12-10-,18-16-. The van der Waals surface area contributed by atoms with Crippen molar-refractivity contribution in [2.45, 2.75) is 244 Å². The molecule has 11 nitrogen and oxygen atoms in total. The van der Waals surface area contributed by atoms with Gasteiger partial charge in [-0.2, -0.15) is 0 Å². The number of carboxylic acid groups (broad SMARTS) is 1. The number of ether oxygens (including phenoxy) is 1. The van der Waals surface area contributed by atoms with Crippen LogP contribution < -0.4 is 5.32 Å². The van der Waals surface area contributed by atoms with Gasteiger partial charge in [0.1, 0.15) is 12.7 Å². The number of hydrogen-bond donors (Lipinski definition) is 4. The van der Waals surface area contributed by atoms with Gasteiger partial charge in [0.25, 0.3) is 0 Å². The van der Waals surface area contributed by atoms with Crippen molar-refractivity contribution in [3.8, 4) is 0 Å². The SMILES string of the molecule is CCCC/C=C\C/C=C\CCCCCCCC(=O)NC(COP(=O)(O)OCC(O)COC(=O)CCCCCCCCCCCCCCCCCCCCCCCC)C(=O)O. The van der Waals surface area contributed by atoms with Gasteiger partial charge in [-0.05, 0) is 38.5 Å². The molecule has 3 atom stereocenters. The van der Waals surface area contributed by atoms with Crippen LogP contribution in [0, 0.1) is 0 Å². The Kier molecular flexibility index (Phi) is 42.1. The molecule has 0 saturated carbocycles. The molecule has 0 aliphatic carbocycles. The molecule has 0 spiro atoms. The summed E-state index contributed by atoms with van der Waals surface area (Å²) in [5.41, 5.74) is 0. The Morgan fingerprint density at radius 3 is 1.40 bits per heavy atom. The molecule has 352 valence electrons. The number of nitrogens with one attached hydrogen (secondary N) is 1. The van der Waals surface area contributed by atoms with Gasteiger partial charge in [0.2, 0.25) is 5.91 Å². The van der Waals surface area contributed by atoms with Crippen LogP contribution in [0.1, 0.15) is 232 Å². The summed E-state index contributed by atoms with van der Waals surface area (Å²) in [4.78, 5) is 46.0. The molecule has 3 unspecified atom stereocenters. The third-order valence-electron chi connectivity index (χ3n) is 10.7. The van der Waals surface area contributed by atoms with Gasteiger partial charge in [-0.1, -0.05) is 205 Å². The van der Waals surface area contributed by atoms with Crippen molar-refractivity contribution < 1.29 is 47.8 Å². The van der Waals surface area contributed by atoms with Crippen molar-refractivity contribution in [1.29, 1.82) is 0 Å². The summed E-state index contributed by atoms with van der Waals surface area (Å²) in [5, 5.41) is 21.9. The predicted octanol–water partition coefficient (Wildman–Crippen LogP) is 13.0. The monoisotopic (exact) mass is 872 g/mol. The Morgan fingerprint density at radius 2 is 0.933 bits per heavy atom. The lowest BCUT2D eigenvalue weighted by molar-refractivity contribution is -0.147. The highest BCUT2D eigenvalue weighted by molar-refractivity contribution is 7.47. The molecule has 4 N–H and O–H groups in total. The van der Waals surface area contributed by atoms with Crippen molar-refractivity contribution >= 4 is 25.7 Å². The first-order valence-electron chi connectivity index (χ1n) is 24.4. The van der Waals surface area contributed by atoms with E-state index < -0.39 is 57.6 Å². The number of amides is 1. The molecule has 0 aromatic rings. The van der Waals surface area contributed by atoms with Gasteiger partial charge in [-0.25, -0.2) is 9.36 Å². The second-order valence-corrected chi connectivity index (χ2v) is 18.1. The van der Waals surface area contributed by atoms with Gasteiger partial charge in [0.15, 0.2) is 6.04 Å². The Morgan fingerprint density at radius 1 is 0.533 bits per heavy atom. The Balaban J connectivity index is 3.80. The van der Waals surface area contributed by atoms with E-state index >= 15 is 0 Å². The number of allylic oxidation sites excluding steroid dienone is 4. The van der Waals surface area contributed by atoms with Crippen LogP contribution in [-0.4, -0.2) is 64.9 Å². The molecular weight excluding hydrogens is 781 g/mol. The molecule has 0 saturated heterocycles. The molecule has 0 heterocycles.